The van der Waals surface area contributed by atoms with Crippen molar-refractivity contribution in [2.75, 3.05) is 0 Å². The summed E-state index contributed by atoms with van der Waals surface area (Å²) in [6.07, 6.45) is 3.94. The Balaban J connectivity index is 1.83. The van der Waals surface area contributed by atoms with E-state index in [0.29, 0.717) is 0 Å². The van der Waals surface area contributed by atoms with Crippen LogP contribution in [0.3, 0.4) is 0 Å². The molecule has 0 aliphatic heterocycles. The van der Waals surface area contributed by atoms with E-state index in [2.05, 4.69) is 56.2 Å². The lowest BCUT2D eigenvalue weighted by Crippen LogP contribution is -1.92. The summed E-state index contributed by atoms with van der Waals surface area (Å²) in [5.41, 5.74) is 6.80. The number of imidazole rings is 1. The molecule has 0 radical (unpaired) electrons. The smallest absolute Gasteiger partial charge is 0.138 e. The van der Waals surface area contributed by atoms with Crippen LogP contribution in [0.1, 0.15) is 5.69 Å². The minimum atomic E-state index is 0.884. The van der Waals surface area contributed by atoms with Gasteiger partial charge in [-0.05, 0) is 72.0 Å². The molecule has 0 N–H and O–H groups in total. The monoisotopic (exact) mass is 462 g/mol. The summed E-state index contributed by atoms with van der Waals surface area (Å²) >= 11 is 2.30. The van der Waals surface area contributed by atoms with Crippen molar-refractivity contribution in [2.24, 2.45) is 0 Å². The van der Waals surface area contributed by atoms with Gasteiger partial charge in [0.2, 0.25) is 0 Å². The molecule has 0 aliphatic rings. The summed E-state index contributed by atoms with van der Waals surface area (Å²) in [5, 5.41) is 1.12. The second-order valence-electron chi connectivity index (χ2n) is 6.46. The Hall–Kier alpha value is -2.80. The molecular formula is C22H15IN4. The van der Waals surface area contributed by atoms with Gasteiger partial charge in [-0.2, -0.15) is 0 Å². The molecule has 4 nitrogen and oxygen atoms in total. The SMILES string of the molecule is Cc1cccc(-c2nc3ccccn3c2-c2ccc3ncc(I)cc3c2)n1. The highest BCUT2D eigenvalue weighted by Gasteiger charge is 2.17. The third-order valence-corrected chi connectivity index (χ3v) is 5.17. The number of aromatic nitrogens is 4. The lowest BCUT2D eigenvalue weighted by atomic mass is 10.0. The van der Waals surface area contributed by atoms with Gasteiger partial charge in [0.25, 0.3) is 0 Å². The number of pyridine rings is 3. The molecule has 5 rings (SSSR count). The van der Waals surface area contributed by atoms with Crippen molar-refractivity contribution in [2.45, 2.75) is 6.92 Å². The molecule has 4 heterocycles. The van der Waals surface area contributed by atoms with Crippen LogP contribution in [0.5, 0.6) is 0 Å². The number of nitrogens with zero attached hydrogens (tertiary/aromatic N) is 4. The maximum Gasteiger partial charge on any atom is 0.138 e. The zero-order valence-corrected chi connectivity index (χ0v) is 16.8. The predicted molar refractivity (Wildman–Crippen MR) is 117 cm³/mol. The van der Waals surface area contributed by atoms with Crippen molar-refractivity contribution in [1.29, 1.82) is 0 Å². The summed E-state index contributed by atoms with van der Waals surface area (Å²) in [4.78, 5) is 14.1. The third-order valence-electron chi connectivity index (χ3n) is 4.58. The molecule has 1 aromatic carbocycles. The number of benzene rings is 1. The Labute approximate surface area is 170 Å². The van der Waals surface area contributed by atoms with Gasteiger partial charge in [0.15, 0.2) is 0 Å². The van der Waals surface area contributed by atoms with Crippen molar-refractivity contribution < 1.29 is 0 Å². The zero-order chi connectivity index (χ0) is 18.4. The molecule has 0 bridgehead atoms. The predicted octanol–water partition coefficient (Wildman–Crippen LogP) is 5.52. The van der Waals surface area contributed by atoms with E-state index in [1.807, 2.05) is 55.7 Å². The Morgan fingerprint density at radius 1 is 0.926 bits per heavy atom. The van der Waals surface area contributed by atoms with Gasteiger partial charge in [0.1, 0.15) is 11.3 Å². The number of halogens is 1. The molecule has 0 atom stereocenters. The standard InChI is InChI=1S/C22H15IN4/c1-14-5-4-6-19(25-14)21-22(27-10-3-2-7-20(27)26-21)15-8-9-18-16(11-15)12-17(23)13-24-18/h2-13H,1H3. The van der Waals surface area contributed by atoms with Gasteiger partial charge >= 0.3 is 0 Å². The number of rotatable bonds is 2. The maximum absolute atomic E-state index is 4.88. The van der Waals surface area contributed by atoms with Gasteiger partial charge in [-0.3, -0.25) is 14.4 Å². The Bertz CT molecular complexity index is 1310. The van der Waals surface area contributed by atoms with E-state index in [4.69, 9.17) is 9.97 Å². The van der Waals surface area contributed by atoms with Crippen molar-refractivity contribution in [1.82, 2.24) is 19.4 Å². The minimum absolute atomic E-state index is 0.884. The molecule has 0 aliphatic carbocycles. The lowest BCUT2D eigenvalue weighted by molar-refractivity contribution is 1.19. The quantitative estimate of drug-likeness (QED) is 0.325. The van der Waals surface area contributed by atoms with E-state index in [0.717, 1.165) is 48.5 Å². The van der Waals surface area contributed by atoms with Crippen LogP contribution < -0.4 is 0 Å². The molecule has 5 heteroatoms. The van der Waals surface area contributed by atoms with Gasteiger partial charge in [-0.25, -0.2) is 4.98 Å². The van der Waals surface area contributed by atoms with E-state index in [-0.39, 0.29) is 0 Å². The summed E-state index contributed by atoms with van der Waals surface area (Å²) in [7, 11) is 0. The van der Waals surface area contributed by atoms with E-state index < -0.39 is 0 Å². The van der Waals surface area contributed by atoms with Gasteiger partial charge < -0.3 is 0 Å². The fraction of sp³-hybridized carbons (Fsp3) is 0.0455. The molecule has 4 aromatic heterocycles. The molecule has 130 valence electrons. The third kappa shape index (κ3) is 2.88. The zero-order valence-electron chi connectivity index (χ0n) is 14.6. The van der Waals surface area contributed by atoms with E-state index in [9.17, 15) is 0 Å². The average molecular weight is 462 g/mol. The fourth-order valence-corrected chi connectivity index (χ4v) is 3.85. The molecule has 0 fully saturated rings. The Morgan fingerprint density at radius 2 is 1.85 bits per heavy atom. The van der Waals surface area contributed by atoms with Crippen LogP contribution >= 0.6 is 22.6 Å². The van der Waals surface area contributed by atoms with Crippen LogP contribution in [0.4, 0.5) is 0 Å². The number of aryl methyl sites for hydroxylation is 1. The van der Waals surface area contributed by atoms with Crippen molar-refractivity contribution in [3.8, 4) is 22.6 Å². The molecule has 0 unspecified atom stereocenters. The number of hydrogen-bond acceptors (Lipinski definition) is 3. The molecule has 27 heavy (non-hydrogen) atoms. The lowest BCUT2D eigenvalue weighted by Gasteiger charge is -2.07. The minimum Gasteiger partial charge on any atom is -0.299 e. The first kappa shape index (κ1) is 16.4. The van der Waals surface area contributed by atoms with Crippen molar-refractivity contribution in [3.05, 3.63) is 82.3 Å². The van der Waals surface area contributed by atoms with Crippen LogP contribution in [0.15, 0.2) is 73.1 Å². The normalized spacial score (nSPS) is 11.3. The Morgan fingerprint density at radius 3 is 2.74 bits per heavy atom. The van der Waals surface area contributed by atoms with E-state index in [1.165, 1.54) is 0 Å². The van der Waals surface area contributed by atoms with Crippen molar-refractivity contribution in [3.63, 3.8) is 0 Å². The van der Waals surface area contributed by atoms with Crippen LogP contribution in [-0.2, 0) is 0 Å². The first-order valence-corrected chi connectivity index (χ1v) is 9.74. The van der Waals surface area contributed by atoms with Crippen LogP contribution in [0, 0.1) is 10.5 Å². The second kappa shape index (κ2) is 6.42. The van der Waals surface area contributed by atoms with E-state index >= 15 is 0 Å². The van der Waals surface area contributed by atoms with Gasteiger partial charge in [0.05, 0.1) is 16.9 Å². The fourth-order valence-electron chi connectivity index (χ4n) is 3.38. The summed E-state index contributed by atoms with van der Waals surface area (Å²) < 4.78 is 3.25. The van der Waals surface area contributed by atoms with Crippen molar-refractivity contribution >= 4 is 39.1 Å². The first-order valence-electron chi connectivity index (χ1n) is 8.66. The van der Waals surface area contributed by atoms with Gasteiger partial charge in [0, 0.05) is 32.6 Å². The molecule has 0 spiro atoms. The topological polar surface area (TPSA) is 43.1 Å². The highest BCUT2D eigenvalue weighted by Crippen LogP contribution is 2.33. The molecule has 5 aromatic rings. The van der Waals surface area contributed by atoms with E-state index in [1.54, 1.807) is 0 Å². The van der Waals surface area contributed by atoms with Gasteiger partial charge in [-0.15, -0.1) is 0 Å². The van der Waals surface area contributed by atoms with Gasteiger partial charge in [-0.1, -0.05) is 18.2 Å². The Kier molecular flexibility index (Phi) is 3.89. The molecule has 0 saturated heterocycles. The van der Waals surface area contributed by atoms with Crippen LogP contribution in [0.25, 0.3) is 39.2 Å². The van der Waals surface area contributed by atoms with Crippen LogP contribution in [0.2, 0.25) is 0 Å². The molecular weight excluding hydrogens is 447 g/mol. The summed E-state index contributed by atoms with van der Waals surface area (Å²) in [6.45, 7) is 2.00. The maximum atomic E-state index is 4.88. The molecule has 0 amide bonds. The highest BCUT2D eigenvalue weighted by atomic mass is 127. The number of hydrogen-bond donors (Lipinski definition) is 0. The number of fused-ring (bicyclic) bond motifs is 2. The summed E-state index contributed by atoms with van der Waals surface area (Å²) in [6, 6.07) is 20.6. The highest BCUT2D eigenvalue weighted by molar-refractivity contribution is 14.1. The first-order chi connectivity index (χ1) is 13.2. The average Bonchev–Trinajstić information content (AvgIpc) is 3.07. The van der Waals surface area contributed by atoms with Crippen LogP contribution in [-0.4, -0.2) is 19.4 Å². The largest absolute Gasteiger partial charge is 0.299 e. The summed E-state index contributed by atoms with van der Waals surface area (Å²) in [5.74, 6) is 0. The second-order valence-corrected chi connectivity index (χ2v) is 7.71. The molecule has 0 saturated carbocycles.